The van der Waals surface area contributed by atoms with Crippen LogP contribution in [-0.2, 0) is 16.1 Å². The molecule has 0 fully saturated rings. The van der Waals surface area contributed by atoms with E-state index < -0.39 is 12.0 Å². The summed E-state index contributed by atoms with van der Waals surface area (Å²) in [5.74, 6) is 1.19. The topological polar surface area (TPSA) is 88.4 Å². The van der Waals surface area contributed by atoms with Crippen molar-refractivity contribution in [1.29, 1.82) is 0 Å². The van der Waals surface area contributed by atoms with E-state index >= 15 is 0 Å². The predicted octanol–water partition coefficient (Wildman–Crippen LogP) is 5.16. The lowest BCUT2D eigenvalue weighted by Crippen LogP contribution is -2.39. The van der Waals surface area contributed by atoms with Gasteiger partial charge in [0.1, 0.15) is 12.4 Å². The number of aromatic nitrogens is 1. The van der Waals surface area contributed by atoms with Crippen LogP contribution in [0.2, 0.25) is 0 Å². The summed E-state index contributed by atoms with van der Waals surface area (Å²) in [7, 11) is 3.09. The van der Waals surface area contributed by atoms with Crippen LogP contribution in [0.1, 0.15) is 36.6 Å². The van der Waals surface area contributed by atoms with Gasteiger partial charge in [-0.15, -0.1) is 0 Å². The average Bonchev–Trinajstić information content (AvgIpc) is 3.29. The molecule has 1 aromatic heterocycles. The zero-order valence-corrected chi connectivity index (χ0v) is 26.0. The Morgan fingerprint density at radius 3 is 2.45 bits per heavy atom. The van der Waals surface area contributed by atoms with Crippen molar-refractivity contribution >= 4 is 39.3 Å². The highest BCUT2D eigenvalue weighted by Gasteiger charge is 2.34. The minimum absolute atomic E-state index is 0.193. The van der Waals surface area contributed by atoms with Gasteiger partial charge in [0.25, 0.3) is 5.56 Å². The summed E-state index contributed by atoms with van der Waals surface area (Å²) in [5.41, 5.74) is 3.06. The molecule has 1 unspecified atom stereocenters. The van der Waals surface area contributed by atoms with Crippen LogP contribution >= 0.6 is 27.3 Å². The molecule has 42 heavy (non-hydrogen) atoms. The monoisotopic (exact) mass is 648 g/mol. The molecule has 0 saturated carbocycles. The largest absolute Gasteiger partial charge is 0.493 e. The molecule has 10 heteroatoms. The van der Waals surface area contributed by atoms with Gasteiger partial charge in [-0.2, -0.15) is 0 Å². The van der Waals surface area contributed by atoms with Crippen LogP contribution in [0.5, 0.6) is 17.2 Å². The molecule has 3 aromatic carbocycles. The molecule has 0 saturated heterocycles. The van der Waals surface area contributed by atoms with Gasteiger partial charge in [0.05, 0.1) is 47.1 Å². The third-order valence-corrected chi connectivity index (χ3v) is 8.33. The van der Waals surface area contributed by atoms with Gasteiger partial charge in [-0.1, -0.05) is 53.8 Å². The number of thiazole rings is 1. The molecule has 2 heterocycles. The lowest BCUT2D eigenvalue weighted by molar-refractivity contribution is -0.139. The zero-order chi connectivity index (χ0) is 29.8. The van der Waals surface area contributed by atoms with Gasteiger partial charge in [-0.05, 0) is 76.8 Å². The van der Waals surface area contributed by atoms with Gasteiger partial charge < -0.3 is 18.9 Å². The van der Waals surface area contributed by atoms with Gasteiger partial charge >= 0.3 is 5.97 Å². The molecule has 0 N–H and O–H groups in total. The molecule has 5 rings (SSSR count). The smallest absolute Gasteiger partial charge is 0.338 e. The number of carbonyl (C=O) groups excluding carboxylic acids is 1. The van der Waals surface area contributed by atoms with Gasteiger partial charge in [-0.3, -0.25) is 9.36 Å². The molecule has 8 nitrogen and oxygen atoms in total. The van der Waals surface area contributed by atoms with Crippen molar-refractivity contribution < 1.29 is 23.7 Å². The number of ether oxygens (including phenoxy) is 4. The third kappa shape index (κ3) is 5.91. The lowest BCUT2D eigenvalue weighted by Gasteiger charge is -2.25. The van der Waals surface area contributed by atoms with E-state index in [1.165, 1.54) is 18.4 Å². The SMILES string of the molecule is CCOC(=O)C1=C(C)N=c2s/c(=C/c3ccc(OCc4ccccc4)c(Br)c3)c(=O)n2C1c1ccc(OC)c(OC)c1. The summed E-state index contributed by atoms with van der Waals surface area (Å²) in [6.07, 6.45) is 1.81. The minimum atomic E-state index is -0.761. The van der Waals surface area contributed by atoms with E-state index in [2.05, 4.69) is 20.9 Å². The Labute approximate surface area is 255 Å². The van der Waals surface area contributed by atoms with Crippen molar-refractivity contribution in [3.63, 3.8) is 0 Å². The van der Waals surface area contributed by atoms with Crippen LogP contribution in [-0.4, -0.2) is 31.4 Å². The van der Waals surface area contributed by atoms with Crippen LogP contribution < -0.4 is 29.1 Å². The molecule has 1 atom stereocenters. The van der Waals surface area contributed by atoms with Crippen LogP contribution in [0.3, 0.4) is 0 Å². The first-order valence-electron chi connectivity index (χ1n) is 13.2. The first kappa shape index (κ1) is 29.3. The van der Waals surface area contributed by atoms with E-state index in [0.29, 0.717) is 50.0 Å². The predicted molar refractivity (Wildman–Crippen MR) is 165 cm³/mol. The zero-order valence-electron chi connectivity index (χ0n) is 23.5. The van der Waals surface area contributed by atoms with Crippen LogP contribution in [0, 0.1) is 0 Å². The van der Waals surface area contributed by atoms with Crippen molar-refractivity contribution in [3.8, 4) is 17.2 Å². The van der Waals surface area contributed by atoms with Gasteiger partial charge in [0, 0.05) is 0 Å². The summed E-state index contributed by atoms with van der Waals surface area (Å²) in [6, 6.07) is 20.2. The van der Waals surface area contributed by atoms with E-state index in [1.807, 2.05) is 60.7 Å². The number of nitrogens with zero attached hydrogens (tertiary/aromatic N) is 2. The van der Waals surface area contributed by atoms with Crippen molar-refractivity contribution in [1.82, 2.24) is 4.57 Å². The Hall–Kier alpha value is -4.15. The standard InChI is InChI=1S/C32H29BrN2O6S/c1-5-40-31(37)28-19(2)34-32-35(29(28)22-12-14-25(38-3)26(17-22)39-4)30(36)27(42-32)16-21-11-13-24(23(33)15-21)41-18-20-9-7-6-8-10-20/h6-17,29H,5,18H2,1-4H3/b27-16+. The number of fused-ring (bicyclic) bond motifs is 1. The van der Waals surface area contributed by atoms with Crippen molar-refractivity contribution in [3.05, 3.63) is 119 Å². The molecule has 0 amide bonds. The maximum atomic E-state index is 13.9. The minimum Gasteiger partial charge on any atom is -0.493 e. The van der Waals surface area contributed by atoms with Crippen molar-refractivity contribution in [2.24, 2.45) is 4.99 Å². The van der Waals surface area contributed by atoms with E-state index in [9.17, 15) is 9.59 Å². The number of carbonyl (C=O) groups is 1. The number of hydrogen-bond acceptors (Lipinski definition) is 8. The molecule has 1 aliphatic rings. The molecular formula is C32H29BrN2O6S. The fourth-order valence-electron chi connectivity index (χ4n) is 4.74. The summed E-state index contributed by atoms with van der Waals surface area (Å²) < 4.78 is 25.1. The number of rotatable bonds is 9. The Morgan fingerprint density at radius 2 is 1.76 bits per heavy atom. The fraction of sp³-hybridized carbons (Fsp3) is 0.219. The highest BCUT2D eigenvalue weighted by atomic mass is 79.9. The molecule has 0 bridgehead atoms. The molecular weight excluding hydrogens is 620 g/mol. The van der Waals surface area contributed by atoms with Gasteiger partial charge in [0.2, 0.25) is 0 Å². The summed E-state index contributed by atoms with van der Waals surface area (Å²) in [6.45, 7) is 4.13. The number of esters is 1. The Balaban J connectivity index is 1.56. The van der Waals surface area contributed by atoms with Gasteiger partial charge in [-0.25, -0.2) is 9.79 Å². The normalized spacial score (nSPS) is 14.7. The summed E-state index contributed by atoms with van der Waals surface area (Å²) in [4.78, 5) is 32.2. The van der Waals surface area contributed by atoms with Crippen molar-refractivity contribution in [2.45, 2.75) is 26.5 Å². The van der Waals surface area contributed by atoms with E-state index in [-0.39, 0.29) is 12.2 Å². The van der Waals surface area contributed by atoms with Gasteiger partial charge in [0.15, 0.2) is 16.3 Å². The lowest BCUT2D eigenvalue weighted by atomic mass is 9.95. The number of benzene rings is 3. The number of allylic oxidation sites excluding steroid dienone is 1. The maximum absolute atomic E-state index is 13.9. The molecule has 4 aromatic rings. The highest BCUT2D eigenvalue weighted by molar-refractivity contribution is 9.10. The van der Waals surface area contributed by atoms with Crippen LogP contribution in [0.25, 0.3) is 6.08 Å². The van der Waals surface area contributed by atoms with Crippen LogP contribution in [0.4, 0.5) is 0 Å². The Morgan fingerprint density at radius 1 is 1.02 bits per heavy atom. The highest BCUT2D eigenvalue weighted by Crippen LogP contribution is 2.36. The number of methoxy groups -OCH3 is 2. The van der Waals surface area contributed by atoms with Crippen LogP contribution in [0.15, 0.2) is 92.3 Å². The van der Waals surface area contributed by atoms with E-state index in [4.69, 9.17) is 18.9 Å². The molecule has 1 aliphatic heterocycles. The molecule has 0 spiro atoms. The first-order chi connectivity index (χ1) is 20.3. The Kier molecular flexibility index (Phi) is 8.94. The summed E-state index contributed by atoms with van der Waals surface area (Å²) >= 11 is 4.86. The number of hydrogen-bond donors (Lipinski definition) is 0. The fourth-order valence-corrected chi connectivity index (χ4v) is 6.30. The van der Waals surface area contributed by atoms with E-state index in [1.54, 1.807) is 37.7 Å². The third-order valence-electron chi connectivity index (χ3n) is 6.73. The van der Waals surface area contributed by atoms with E-state index in [0.717, 1.165) is 15.6 Å². The quantitative estimate of drug-likeness (QED) is 0.233. The molecule has 0 aliphatic carbocycles. The first-order valence-corrected chi connectivity index (χ1v) is 14.8. The number of halogens is 1. The molecule has 216 valence electrons. The maximum Gasteiger partial charge on any atom is 0.338 e. The second-order valence-electron chi connectivity index (χ2n) is 9.38. The average molecular weight is 650 g/mol. The Bertz CT molecular complexity index is 1840. The van der Waals surface area contributed by atoms with Crippen molar-refractivity contribution in [2.75, 3.05) is 20.8 Å². The second-order valence-corrected chi connectivity index (χ2v) is 11.2. The molecule has 0 radical (unpaired) electrons. The summed E-state index contributed by atoms with van der Waals surface area (Å²) in [5, 5.41) is 0. The second kappa shape index (κ2) is 12.8.